The van der Waals surface area contributed by atoms with Crippen LogP contribution in [0.3, 0.4) is 0 Å². The Morgan fingerprint density at radius 1 is 1.32 bits per heavy atom. The zero-order valence-electron chi connectivity index (χ0n) is 11.8. The average molecular weight is 281 g/mol. The van der Waals surface area contributed by atoms with Gasteiger partial charge in [0.1, 0.15) is 0 Å². The Morgan fingerprint density at radius 3 is 2.68 bits per heavy atom. The van der Waals surface area contributed by atoms with Crippen LogP contribution in [-0.4, -0.2) is 24.0 Å². The van der Waals surface area contributed by atoms with E-state index < -0.39 is 0 Å². The molecule has 1 aliphatic heterocycles. The van der Waals surface area contributed by atoms with Gasteiger partial charge in [0, 0.05) is 17.1 Å². The van der Waals surface area contributed by atoms with Crippen LogP contribution in [0.5, 0.6) is 0 Å². The second-order valence-electron chi connectivity index (χ2n) is 5.44. The molecule has 1 aromatic carbocycles. The van der Waals surface area contributed by atoms with Crippen LogP contribution >= 0.6 is 11.6 Å². The molecule has 0 aliphatic carbocycles. The molecule has 2 unspecified atom stereocenters. The minimum absolute atomic E-state index is 0.508. The number of nitrogens with zero attached hydrogens (tertiary/aromatic N) is 1. The summed E-state index contributed by atoms with van der Waals surface area (Å²) in [5.74, 6) is 0. The lowest BCUT2D eigenvalue weighted by Crippen LogP contribution is -2.42. The van der Waals surface area contributed by atoms with Gasteiger partial charge in [-0.15, -0.1) is 0 Å². The first-order valence-corrected chi connectivity index (χ1v) is 7.85. The topological polar surface area (TPSA) is 29.3 Å². The predicted molar refractivity (Wildman–Crippen MR) is 82.5 cm³/mol. The van der Waals surface area contributed by atoms with E-state index in [1.165, 1.54) is 31.4 Å². The first kappa shape index (κ1) is 14.8. The van der Waals surface area contributed by atoms with Crippen molar-refractivity contribution in [3.8, 4) is 0 Å². The second-order valence-corrected chi connectivity index (χ2v) is 5.88. The second kappa shape index (κ2) is 7.28. The Kier molecular flexibility index (Phi) is 5.68. The maximum Gasteiger partial charge on any atom is 0.0406 e. The molecule has 1 saturated heterocycles. The third-order valence-corrected chi connectivity index (χ3v) is 4.47. The molecule has 0 radical (unpaired) electrons. The van der Waals surface area contributed by atoms with Crippen LogP contribution < -0.4 is 5.73 Å². The van der Waals surface area contributed by atoms with Gasteiger partial charge in [-0.2, -0.15) is 0 Å². The summed E-state index contributed by atoms with van der Waals surface area (Å²) in [7, 11) is 0. The number of halogens is 1. The van der Waals surface area contributed by atoms with Gasteiger partial charge in [0.2, 0.25) is 0 Å². The number of nitrogens with two attached hydrogens (primary N) is 1. The molecule has 1 fully saturated rings. The van der Waals surface area contributed by atoms with Crippen LogP contribution in [-0.2, 0) is 0 Å². The number of rotatable bonds is 5. The fourth-order valence-electron chi connectivity index (χ4n) is 3.28. The molecule has 0 saturated carbocycles. The lowest BCUT2D eigenvalue weighted by molar-refractivity contribution is 0.0871. The van der Waals surface area contributed by atoms with Crippen molar-refractivity contribution < 1.29 is 0 Å². The number of likely N-dealkylation sites (tertiary alicyclic amines) is 1. The molecule has 19 heavy (non-hydrogen) atoms. The van der Waals surface area contributed by atoms with E-state index >= 15 is 0 Å². The highest BCUT2D eigenvalue weighted by molar-refractivity contribution is 6.30. The van der Waals surface area contributed by atoms with Crippen molar-refractivity contribution in [3.05, 3.63) is 34.9 Å². The maximum atomic E-state index is 5.99. The number of piperidine rings is 1. The minimum atomic E-state index is 0.508. The molecule has 0 spiro atoms. The summed E-state index contributed by atoms with van der Waals surface area (Å²) in [4.78, 5) is 2.67. The van der Waals surface area contributed by atoms with Crippen LogP contribution in [0, 0.1) is 0 Å². The molecular weight excluding hydrogens is 256 g/mol. The summed E-state index contributed by atoms with van der Waals surface area (Å²) in [6.45, 7) is 4.26. The standard InChI is InChI=1S/C16H25ClN2/c1-2-16(13-6-8-14(17)9-7-13)19-12-4-3-5-15(19)10-11-18/h6-9,15-16H,2-5,10-12,18H2,1H3. The number of hydrogen-bond donors (Lipinski definition) is 1. The molecule has 2 rings (SSSR count). The largest absolute Gasteiger partial charge is 0.330 e. The molecule has 0 aromatic heterocycles. The molecule has 2 N–H and O–H groups in total. The molecular formula is C16H25ClN2. The van der Waals surface area contributed by atoms with Gasteiger partial charge in [-0.3, -0.25) is 4.90 Å². The lowest BCUT2D eigenvalue weighted by Gasteiger charge is -2.41. The number of benzene rings is 1. The smallest absolute Gasteiger partial charge is 0.0406 e. The molecule has 1 heterocycles. The molecule has 1 aromatic rings. The SMILES string of the molecule is CCC(c1ccc(Cl)cc1)N1CCCCC1CCN. The Hall–Kier alpha value is -0.570. The molecule has 0 bridgehead atoms. The third-order valence-electron chi connectivity index (χ3n) is 4.21. The Balaban J connectivity index is 2.16. The summed E-state index contributed by atoms with van der Waals surface area (Å²) in [6, 6.07) is 9.51. The van der Waals surface area contributed by atoms with E-state index in [0.29, 0.717) is 12.1 Å². The summed E-state index contributed by atoms with van der Waals surface area (Å²) in [5, 5.41) is 0.816. The first-order chi connectivity index (χ1) is 9.26. The van der Waals surface area contributed by atoms with Crippen LogP contribution in [0.25, 0.3) is 0 Å². The molecule has 2 nitrogen and oxygen atoms in total. The third kappa shape index (κ3) is 3.71. The van der Waals surface area contributed by atoms with E-state index in [1.54, 1.807) is 0 Å². The Labute approximate surface area is 121 Å². The molecule has 0 amide bonds. The van der Waals surface area contributed by atoms with E-state index in [-0.39, 0.29) is 0 Å². The van der Waals surface area contributed by atoms with Gasteiger partial charge in [0.25, 0.3) is 0 Å². The van der Waals surface area contributed by atoms with Crippen LogP contribution in [0.15, 0.2) is 24.3 Å². The van der Waals surface area contributed by atoms with Crippen molar-refractivity contribution >= 4 is 11.6 Å². The number of hydrogen-bond acceptors (Lipinski definition) is 2. The van der Waals surface area contributed by atoms with Gasteiger partial charge in [-0.25, -0.2) is 0 Å². The van der Waals surface area contributed by atoms with Gasteiger partial charge >= 0.3 is 0 Å². The van der Waals surface area contributed by atoms with Gasteiger partial charge in [-0.1, -0.05) is 37.1 Å². The van der Waals surface area contributed by atoms with Gasteiger partial charge in [0.15, 0.2) is 0 Å². The van der Waals surface area contributed by atoms with Gasteiger partial charge in [-0.05, 0) is 56.5 Å². The zero-order chi connectivity index (χ0) is 13.7. The van der Waals surface area contributed by atoms with Gasteiger partial charge in [0.05, 0.1) is 0 Å². The molecule has 2 atom stereocenters. The van der Waals surface area contributed by atoms with E-state index in [1.807, 2.05) is 12.1 Å². The Bertz CT molecular complexity index is 375. The molecule has 1 aliphatic rings. The van der Waals surface area contributed by atoms with Gasteiger partial charge < -0.3 is 5.73 Å². The fourth-order valence-corrected chi connectivity index (χ4v) is 3.41. The first-order valence-electron chi connectivity index (χ1n) is 7.47. The highest BCUT2D eigenvalue weighted by Gasteiger charge is 2.28. The predicted octanol–water partition coefficient (Wildman–Crippen LogP) is 3.99. The average Bonchev–Trinajstić information content (AvgIpc) is 2.44. The van der Waals surface area contributed by atoms with E-state index in [2.05, 4.69) is 24.0 Å². The minimum Gasteiger partial charge on any atom is -0.330 e. The van der Waals surface area contributed by atoms with Crippen molar-refractivity contribution in [3.63, 3.8) is 0 Å². The highest BCUT2D eigenvalue weighted by Crippen LogP contribution is 2.32. The Morgan fingerprint density at radius 2 is 2.05 bits per heavy atom. The normalized spacial score (nSPS) is 22.4. The van der Waals surface area contributed by atoms with Crippen molar-refractivity contribution in [2.75, 3.05) is 13.1 Å². The zero-order valence-corrected chi connectivity index (χ0v) is 12.6. The molecule has 106 valence electrons. The van der Waals surface area contributed by atoms with Crippen LogP contribution in [0.4, 0.5) is 0 Å². The summed E-state index contributed by atoms with van der Waals surface area (Å²) < 4.78 is 0. The summed E-state index contributed by atoms with van der Waals surface area (Å²) in [5.41, 5.74) is 7.16. The van der Waals surface area contributed by atoms with Crippen molar-refractivity contribution in [2.24, 2.45) is 5.73 Å². The van der Waals surface area contributed by atoms with E-state index in [0.717, 1.165) is 24.4 Å². The van der Waals surface area contributed by atoms with Crippen LogP contribution in [0.2, 0.25) is 5.02 Å². The van der Waals surface area contributed by atoms with E-state index in [4.69, 9.17) is 17.3 Å². The van der Waals surface area contributed by atoms with E-state index in [9.17, 15) is 0 Å². The van der Waals surface area contributed by atoms with Crippen LogP contribution in [0.1, 0.15) is 50.6 Å². The quantitative estimate of drug-likeness (QED) is 0.883. The van der Waals surface area contributed by atoms with Crippen molar-refractivity contribution in [1.82, 2.24) is 4.90 Å². The lowest BCUT2D eigenvalue weighted by atomic mass is 9.93. The molecule has 3 heteroatoms. The fraction of sp³-hybridized carbons (Fsp3) is 0.625. The van der Waals surface area contributed by atoms with Crippen molar-refractivity contribution in [1.29, 1.82) is 0 Å². The summed E-state index contributed by atoms with van der Waals surface area (Å²) >= 11 is 5.99. The highest BCUT2D eigenvalue weighted by atomic mass is 35.5. The van der Waals surface area contributed by atoms with Crippen molar-refractivity contribution in [2.45, 2.75) is 51.1 Å². The maximum absolute atomic E-state index is 5.99. The monoisotopic (exact) mass is 280 g/mol. The summed E-state index contributed by atoms with van der Waals surface area (Å²) in [6.07, 6.45) is 6.21.